The van der Waals surface area contributed by atoms with E-state index in [9.17, 15) is 14.7 Å². The summed E-state index contributed by atoms with van der Waals surface area (Å²) in [6.07, 6.45) is 10.3. The van der Waals surface area contributed by atoms with Gasteiger partial charge in [-0.3, -0.25) is 18.9 Å². The van der Waals surface area contributed by atoms with Crippen LogP contribution in [-0.4, -0.2) is 30.9 Å². The van der Waals surface area contributed by atoms with Crippen molar-refractivity contribution in [2.24, 2.45) is 29.6 Å². The lowest BCUT2D eigenvalue weighted by Gasteiger charge is -2.31. The zero-order chi connectivity index (χ0) is 31.1. The summed E-state index contributed by atoms with van der Waals surface area (Å²) < 4.78 is 6.49. The number of aliphatic hydroxyl groups is 1. The molecule has 3 fully saturated rings. The van der Waals surface area contributed by atoms with Crippen LogP contribution in [0.2, 0.25) is 0 Å². The van der Waals surface area contributed by atoms with E-state index in [2.05, 4.69) is 29.2 Å². The molecule has 236 valence electrons. The molecule has 2 heterocycles. The zero-order valence-corrected chi connectivity index (χ0v) is 26.4. The van der Waals surface area contributed by atoms with Gasteiger partial charge in [-0.25, -0.2) is 9.78 Å². The van der Waals surface area contributed by atoms with Crippen molar-refractivity contribution in [3.05, 3.63) is 92.1 Å². The van der Waals surface area contributed by atoms with Gasteiger partial charge < -0.3 is 5.11 Å². The molecule has 3 aliphatic rings. The summed E-state index contributed by atoms with van der Waals surface area (Å²) >= 11 is 0. The van der Waals surface area contributed by atoms with Gasteiger partial charge in [-0.15, -0.1) is 0 Å². The molecule has 0 radical (unpaired) electrons. The molecule has 2 aromatic heterocycles. The third-order valence-electron chi connectivity index (χ3n) is 11.0. The Bertz CT molecular complexity index is 1770. The van der Waals surface area contributed by atoms with Gasteiger partial charge in [0.2, 0.25) is 0 Å². The van der Waals surface area contributed by atoms with Crippen molar-refractivity contribution in [3.8, 4) is 22.5 Å². The molecule has 0 saturated heterocycles. The first-order valence-electron chi connectivity index (χ1n) is 16.9. The third-order valence-corrected chi connectivity index (χ3v) is 11.0. The summed E-state index contributed by atoms with van der Waals surface area (Å²) in [5, 5.41) is 15.4. The van der Waals surface area contributed by atoms with Gasteiger partial charge in [0.15, 0.2) is 5.82 Å². The number of rotatable bonds is 10. The second-order valence-electron chi connectivity index (χ2n) is 14.0. The van der Waals surface area contributed by atoms with E-state index in [0.29, 0.717) is 24.6 Å². The molecule has 2 aromatic carbocycles. The third kappa shape index (κ3) is 6.09. The molecule has 45 heavy (non-hydrogen) atoms. The highest BCUT2D eigenvalue weighted by Crippen LogP contribution is 2.55. The van der Waals surface area contributed by atoms with Crippen molar-refractivity contribution in [1.82, 2.24) is 19.7 Å². The van der Waals surface area contributed by atoms with Gasteiger partial charge in [-0.1, -0.05) is 67.0 Å². The van der Waals surface area contributed by atoms with Crippen molar-refractivity contribution < 1.29 is 9.63 Å². The molecule has 0 aliphatic heterocycles. The van der Waals surface area contributed by atoms with E-state index in [1.165, 1.54) is 25.7 Å². The van der Waals surface area contributed by atoms with Crippen molar-refractivity contribution >= 4 is 0 Å². The molecule has 0 amide bonds. The van der Waals surface area contributed by atoms with Gasteiger partial charge in [-0.2, -0.15) is 0 Å². The van der Waals surface area contributed by atoms with Crippen LogP contribution in [0, 0.1) is 36.5 Å². The molecular formula is C37H44N4O4. The number of aliphatic hydroxyl groups excluding tert-OH is 1. The minimum atomic E-state index is -0.591. The Balaban J connectivity index is 1.14. The summed E-state index contributed by atoms with van der Waals surface area (Å²) in [5.74, 6) is 3.99. The van der Waals surface area contributed by atoms with E-state index in [1.807, 2.05) is 43.3 Å². The van der Waals surface area contributed by atoms with Crippen molar-refractivity contribution in [1.29, 1.82) is 0 Å². The highest BCUT2D eigenvalue weighted by Gasteiger charge is 2.45. The van der Waals surface area contributed by atoms with Crippen molar-refractivity contribution in [3.63, 3.8) is 0 Å². The Morgan fingerprint density at radius 3 is 2.38 bits per heavy atom. The summed E-state index contributed by atoms with van der Waals surface area (Å²) in [5.41, 5.74) is 5.27. The maximum Gasteiger partial charge on any atom is 0.439 e. The fourth-order valence-electron chi connectivity index (χ4n) is 8.85. The fraction of sp³-hybridized carbons (Fsp3) is 0.514. The van der Waals surface area contributed by atoms with Gasteiger partial charge in [0.05, 0.1) is 18.3 Å². The number of nitrogens with one attached hydrogen (secondary N) is 1. The van der Waals surface area contributed by atoms with Crippen LogP contribution < -0.4 is 11.3 Å². The first-order chi connectivity index (χ1) is 21.9. The smallest absolute Gasteiger partial charge is 0.391 e. The zero-order valence-electron chi connectivity index (χ0n) is 26.4. The Morgan fingerprint density at radius 1 is 0.956 bits per heavy atom. The number of nitrogens with zero attached hydrogens (tertiary/aromatic N) is 3. The van der Waals surface area contributed by atoms with Crippen LogP contribution in [0.25, 0.3) is 22.5 Å². The van der Waals surface area contributed by atoms with Gasteiger partial charge in [0.25, 0.3) is 5.56 Å². The van der Waals surface area contributed by atoms with Crippen LogP contribution in [0.5, 0.6) is 0 Å². The number of unbranched alkanes of at least 4 members (excludes halogenated alkanes) is 1. The van der Waals surface area contributed by atoms with Crippen LogP contribution in [0.1, 0.15) is 80.9 Å². The largest absolute Gasteiger partial charge is 0.439 e. The SMILES string of the molecule is CCCCc1nc(C)n(CC(O)C2CC3CC4CC(C3)C(C4)C2)c(=O)c1Cc1ccc(-c2ccccc2-c2noc(=O)[nH]2)cc1. The molecular weight excluding hydrogens is 564 g/mol. The minimum absolute atomic E-state index is 0.0202. The van der Waals surface area contributed by atoms with E-state index < -0.39 is 11.9 Å². The highest BCUT2D eigenvalue weighted by molar-refractivity contribution is 5.80. The predicted molar refractivity (Wildman–Crippen MR) is 174 cm³/mol. The summed E-state index contributed by atoms with van der Waals surface area (Å²) in [7, 11) is 0. The Kier molecular flexibility index (Phi) is 8.34. The second kappa shape index (κ2) is 12.5. The summed E-state index contributed by atoms with van der Waals surface area (Å²) in [6, 6.07) is 15.9. The van der Waals surface area contributed by atoms with Crippen LogP contribution in [0.15, 0.2) is 62.6 Å². The Morgan fingerprint density at radius 2 is 1.67 bits per heavy atom. The molecule has 6 unspecified atom stereocenters. The summed E-state index contributed by atoms with van der Waals surface area (Å²) in [6.45, 7) is 4.39. The van der Waals surface area contributed by atoms with Gasteiger partial charge in [-0.05, 0) is 105 Å². The number of benzene rings is 2. The van der Waals surface area contributed by atoms with Gasteiger partial charge in [0.1, 0.15) is 5.82 Å². The maximum absolute atomic E-state index is 14.2. The van der Waals surface area contributed by atoms with E-state index in [-0.39, 0.29) is 11.5 Å². The Labute approximate surface area is 263 Å². The standard InChI is InChI=1S/C37H44N4O4/c1-3-4-9-33-32(19-23-10-12-26(13-11-23)30-7-5-6-8-31(30)35-39-37(44)45-40-35)36(43)41(22(2)38-33)21-34(42)29-18-25-14-24-15-27(16-25)28(17-24)20-29/h5-8,10-13,24-25,27-29,34,42H,3-4,9,14-21H2,1-2H3,(H,39,40,44). The lowest BCUT2D eigenvalue weighted by atomic mass is 9.77. The van der Waals surface area contributed by atoms with E-state index in [4.69, 9.17) is 9.51 Å². The van der Waals surface area contributed by atoms with Crippen LogP contribution in [-0.2, 0) is 19.4 Å². The Hall–Kier alpha value is -3.78. The first-order valence-corrected chi connectivity index (χ1v) is 16.9. The number of aryl methyl sites for hydroxylation is 2. The number of hydrogen-bond acceptors (Lipinski definition) is 6. The highest BCUT2D eigenvalue weighted by atomic mass is 16.5. The lowest BCUT2D eigenvalue weighted by Crippen LogP contribution is -2.36. The molecule has 0 spiro atoms. The van der Waals surface area contributed by atoms with Crippen molar-refractivity contribution in [2.75, 3.05) is 0 Å². The minimum Gasteiger partial charge on any atom is -0.391 e. The molecule has 3 saturated carbocycles. The number of aromatic nitrogens is 4. The average Bonchev–Trinajstić information content (AvgIpc) is 3.56. The second-order valence-corrected chi connectivity index (χ2v) is 14.0. The fourth-order valence-corrected chi connectivity index (χ4v) is 8.85. The molecule has 3 aliphatic carbocycles. The molecule has 7 rings (SSSR count). The summed E-state index contributed by atoms with van der Waals surface area (Å²) in [4.78, 5) is 33.4. The number of H-pyrrole nitrogens is 1. The molecule has 2 N–H and O–H groups in total. The van der Waals surface area contributed by atoms with E-state index in [0.717, 1.165) is 89.3 Å². The molecule has 6 atom stereocenters. The number of fused-ring (bicyclic) bond motifs is 2. The van der Waals surface area contributed by atoms with Crippen molar-refractivity contribution in [2.45, 2.75) is 90.7 Å². The van der Waals surface area contributed by atoms with Gasteiger partial charge >= 0.3 is 5.76 Å². The molecule has 8 nitrogen and oxygen atoms in total. The van der Waals surface area contributed by atoms with E-state index >= 15 is 0 Å². The normalized spacial score (nSPS) is 24.6. The van der Waals surface area contributed by atoms with Gasteiger partial charge in [0, 0.05) is 17.5 Å². The predicted octanol–water partition coefficient (Wildman–Crippen LogP) is 6.32. The molecule has 3 bridgehead atoms. The number of hydrogen-bond donors (Lipinski definition) is 2. The molecule has 4 aromatic rings. The first kappa shape index (κ1) is 29.9. The maximum atomic E-state index is 14.2. The topological polar surface area (TPSA) is 114 Å². The lowest BCUT2D eigenvalue weighted by molar-refractivity contribution is 0.0601. The monoisotopic (exact) mass is 608 g/mol. The van der Waals surface area contributed by atoms with Crippen LogP contribution in [0.3, 0.4) is 0 Å². The van der Waals surface area contributed by atoms with Crippen LogP contribution >= 0.6 is 0 Å². The number of aromatic amines is 1. The average molecular weight is 609 g/mol. The van der Waals surface area contributed by atoms with E-state index in [1.54, 1.807) is 4.57 Å². The quantitative estimate of drug-likeness (QED) is 0.218. The van der Waals surface area contributed by atoms with Crippen LogP contribution in [0.4, 0.5) is 0 Å². The molecule has 8 heteroatoms.